The van der Waals surface area contributed by atoms with Crippen LogP contribution in [0.15, 0.2) is 12.5 Å². The van der Waals surface area contributed by atoms with Crippen LogP contribution in [0.2, 0.25) is 0 Å². The standard InChI is InChI=1S/C9H13N3O2/c1-9(2,3)14-8(13)6-4-11-5-12-7(6)10/h4-5H,1-3H3,(H2,10,11,12). The molecule has 0 aliphatic heterocycles. The number of aromatic nitrogens is 2. The van der Waals surface area contributed by atoms with Crippen molar-refractivity contribution < 1.29 is 9.53 Å². The van der Waals surface area contributed by atoms with Gasteiger partial charge in [0.1, 0.15) is 23.3 Å². The minimum absolute atomic E-state index is 0.134. The van der Waals surface area contributed by atoms with Gasteiger partial charge in [-0.15, -0.1) is 0 Å². The van der Waals surface area contributed by atoms with Gasteiger partial charge in [0, 0.05) is 6.20 Å². The van der Waals surface area contributed by atoms with Gasteiger partial charge in [-0.3, -0.25) is 0 Å². The number of nitrogens with two attached hydrogens (primary N) is 1. The van der Waals surface area contributed by atoms with Crippen LogP contribution in [0.1, 0.15) is 31.1 Å². The molecule has 0 atom stereocenters. The highest BCUT2D eigenvalue weighted by Gasteiger charge is 2.20. The van der Waals surface area contributed by atoms with Crippen LogP contribution >= 0.6 is 0 Å². The normalized spacial score (nSPS) is 11.1. The van der Waals surface area contributed by atoms with Gasteiger partial charge in [-0.05, 0) is 20.8 Å². The van der Waals surface area contributed by atoms with E-state index in [2.05, 4.69) is 9.97 Å². The summed E-state index contributed by atoms with van der Waals surface area (Å²) in [5.74, 6) is -0.371. The lowest BCUT2D eigenvalue weighted by Gasteiger charge is -2.19. The number of ether oxygens (including phenoxy) is 1. The summed E-state index contributed by atoms with van der Waals surface area (Å²) >= 11 is 0. The molecule has 0 unspecified atom stereocenters. The van der Waals surface area contributed by atoms with Crippen molar-refractivity contribution in [2.24, 2.45) is 0 Å². The zero-order chi connectivity index (χ0) is 10.8. The molecule has 0 aliphatic carbocycles. The lowest BCUT2D eigenvalue weighted by Crippen LogP contribution is -2.24. The van der Waals surface area contributed by atoms with Crippen LogP contribution in [0.25, 0.3) is 0 Å². The highest BCUT2D eigenvalue weighted by atomic mass is 16.6. The summed E-state index contributed by atoms with van der Waals surface area (Å²) < 4.78 is 5.11. The molecular formula is C9H13N3O2. The SMILES string of the molecule is CC(C)(C)OC(=O)c1cncnc1N. The molecule has 0 bridgehead atoms. The molecule has 0 saturated heterocycles. The minimum atomic E-state index is -0.542. The van der Waals surface area contributed by atoms with Gasteiger partial charge in [0.2, 0.25) is 0 Å². The number of nitrogens with zero attached hydrogens (tertiary/aromatic N) is 2. The molecule has 1 aromatic heterocycles. The number of anilines is 1. The van der Waals surface area contributed by atoms with Crippen LogP contribution < -0.4 is 5.73 Å². The number of esters is 1. The van der Waals surface area contributed by atoms with E-state index in [0.29, 0.717) is 0 Å². The Labute approximate surface area is 82.3 Å². The molecule has 0 fully saturated rings. The molecule has 5 heteroatoms. The highest BCUT2D eigenvalue weighted by molar-refractivity contribution is 5.93. The van der Waals surface area contributed by atoms with Gasteiger partial charge in [0.05, 0.1) is 0 Å². The second kappa shape index (κ2) is 3.61. The Morgan fingerprint density at radius 2 is 2.14 bits per heavy atom. The van der Waals surface area contributed by atoms with Gasteiger partial charge in [-0.2, -0.15) is 0 Å². The van der Waals surface area contributed by atoms with Gasteiger partial charge in [0.25, 0.3) is 0 Å². The first kappa shape index (κ1) is 10.4. The average Bonchev–Trinajstić information content (AvgIpc) is 2.01. The van der Waals surface area contributed by atoms with Crippen molar-refractivity contribution >= 4 is 11.8 Å². The van der Waals surface area contributed by atoms with Crippen LogP contribution in [0.3, 0.4) is 0 Å². The third-order valence-electron chi connectivity index (χ3n) is 1.36. The maximum absolute atomic E-state index is 11.5. The quantitative estimate of drug-likeness (QED) is 0.677. The lowest BCUT2D eigenvalue weighted by atomic mass is 10.2. The zero-order valence-corrected chi connectivity index (χ0v) is 8.44. The Morgan fingerprint density at radius 1 is 1.50 bits per heavy atom. The molecule has 1 aromatic rings. The summed E-state index contributed by atoms with van der Waals surface area (Å²) in [4.78, 5) is 18.9. The molecule has 1 heterocycles. The summed E-state index contributed by atoms with van der Waals surface area (Å²) in [6.45, 7) is 5.35. The van der Waals surface area contributed by atoms with Crippen LogP contribution in [-0.2, 0) is 4.74 Å². The van der Waals surface area contributed by atoms with E-state index in [-0.39, 0.29) is 11.4 Å². The van der Waals surface area contributed by atoms with Gasteiger partial charge >= 0.3 is 5.97 Å². The van der Waals surface area contributed by atoms with Crippen molar-refractivity contribution in [1.82, 2.24) is 9.97 Å². The monoisotopic (exact) mass is 195 g/mol. The van der Waals surface area contributed by atoms with Crippen LogP contribution in [0.5, 0.6) is 0 Å². The van der Waals surface area contributed by atoms with Crippen LogP contribution in [0, 0.1) is 0 Å². The van der Waals surface area contributed by atoms with Gasteiger partial charge in [0.15, 0.2) is 0 Å². The summed E-state index contributed by atoms with van der Waals surface area (Å²) in [5, 5.41) is 0. The summed E-state index contributed by atoms with van der Waals surface area (Å²) in [5.41, 5.74) is 5.14. The Balaban J connectivity index is 2.86. The lowest BCUT2D eigenvalue weighted by molar-refractivity contribution is 0.00700. The molecule has 14 heavy (non-hydrogen) atoms. The third kappa shape index (κ3) is 2.69. The Morgan fingerprint density at radius 3 is 2.64 bits per heavy atom. The maximum Gasteiger partial charge on any atom is 0.344 e. The van der Waals surface area contributed by atoms with Crippen molar-refractivity contribution in [2.45, 2.75) is 26.4 Å². The van der Waals surface area contributed by atoms with E-state index in [4.69, 9.17) is 10.5 Å². The molecular weight excluding hydrogens is 182 g/mol. The van der Waals surface area contributed by atoms with Crippen LogP contribution in [-0.4, -0.2) is 21.5 Å². The number of hydrogen-bond acceptors (Lipinski definition) is 5. The first-order chi connectivity index (χ1) is 6.40. The van der Waals surface area contributed by atoms with Crippen molar-refractivity contribution in [1.29, 1.82) is 0 Å². The van der Waals surface area contributed by atoms with E-state index in [1.54, 1.807) is 20.8 Å². The average molecular weight is 195 g/mol. The summed E-state index contributed by atoms with van der Waals surface area (Å²) in [6, 6.07) is 0. The molecule has 5 nitrogen and oxygen atoms in total. The molecule has 0 saturated carbocycles. The molecule has 0 spiro atoms. The van der Waals surface area contributed by atoms with Gasteiger partial charge < -0.3 is 10.5 Å². The van der Waals surface area contributed by atoms with E-state index in [9.17, 15) is 4.79 Å². The number of carbonyl (C=O) groups is 1. The fourth-order valence-electron chi connectivity index (χ4n) is 0.829. The smallest absolute Gasteiger partial charge is 0.344 e. The van der Waals surface area contributed by atoms with Gasteiger partial charge in [-0.1, -0.05) is 0 Å². The number of nitrogen functional groups attached to an aromatic ring is 1. The Hall–Kier alpha value is -1.65. The highest BCUT2D eigenvalue weighted by Crippen LogP contribution is 2.13. The van der Waals surface area contributed by atoms with E-state index < -0.39 is 11.6 Å². The molecule has 0 radical (unpaired) electrons. The van der Waals surface area contributed by atoms with Crippen molar-refractivity contribution in [3.8, 4) is 0 Å². The fraction of sp³-hybridized carbons (Fsp3) is 0.444. The summed E-state index contributed by atoms with van der Waals surface area (Å²) in [6.07, 6.45) is 2.62. The van der Waals surface area contributed by atoms with Crippen molar-refractivity contribution in [3.63, 3.8) is 0 Å². The van der Waals surface area contributed by atoms with Crippen LogP contribution in [0.4, 0.5) is 5.82 Å². The maximum atomic E-state index is 11.5. The Kier molecular flexibility index (Phi) is 2.69. The van der Waals surface area contributed by atoms with Gasteiger partial charge in [-0.25, -0.2) is 14.8 Å². The molecule has 0 aliphatic rings. The zero-order valence-electron chi connectivity index (χ0n) is 8.44. The molecule has 0 amide bonds. The topological polar surface area (TPSA) is 78.1 Å². The molecule has 1 rings (SSSR count). The molecule has 2 N–H and O–H groups in total. The van der Waals surface area contributed by atoms with Crippen molar-refractivity contribution in [2.75, 3.05) is 5.73 Å². The largest absolute Gasteiger partial charge is 0.456 e. The van der Waals surface area contributed by atoms with E-state index in [1.165, 1.54) is 12.5 Å². The third-order valence-corrected chi connectivity index (χ3v) is 1.36. The number of rotatable bonds is 1. The molecule has 0 aromatic carbocycles. The predicted octanol–water partition coefficient (Wildman–Crippen LogP) is 1.01. The van der Waals surface area contributed by atoms with Crippen molar-refractivity contribution in [3.05, 3.63) is 18.1 Å². The predicted molar refractivity (Wildman–Crippen MR) is 51.6 cm³/mol. The first-order valence-electron chi connectivity index (χ1n) is 4.19. The molecule has 76 valence electrons. The number of hydrogen-bond donors (Lipinski definition) is 1. The fourth-order valence-corrected chi connectivity index (χ4v) is 0.829. The van der Waals surface area contributed by atoms with E-state index >= 15 is 0 Å². The minimum Gasteiger partial charge on any atom is -0.456 e. The van der Waals surface area contributed by atoms with E-state index in [0.717, 1.165) is 0 Å². The number of carbonyl (C=O) groups excluding carboxylic acids is 1. The second-order valence-corrected chi connectivity index (χ2v) is 3.82. The Bertz CT molecular complexity index is 344. The first-order valence-corrected chi connectivity index (χ1v) is 4.19. The van der Waals surface area contributed by atoms with E-state index in [1.807, 2.05) is 0 Å². The summed E-state index contributed by atoms with van der Waals surface area (Å²) in [7, 11) is 0. The second-order valence-electron chi connectivity index (χ2n) is 3.82.